The van der Waals surface area contributed by atoms with Gasteiger partial charge in [-0.1, -0.05) is 19.9 Å². The van der Waals surface area contributed by atoms with E-state index in [2.05, 4.69) is 47.2 Å². The van der Waals surface area contributed by atoms with Crippen LogP contribution in [0, 0.1) is 5.82 Å². The first kappa shape index (κ1) is 14.7. The van der Waals surface area contributed by atoms with E-state index in [1.54, 1.807) is 0 Å². The Kier molecular flexibility index (Phi) is 5.13. The molecule has 0 spiro atoms. The van der Waals surface area contributed by atoms with E-state index in [9.17, 15) is 4.39 Å². The molecular formula is C15H17BrFNS. The van der Waals surface area contributed by atoms with Gasteiger partial charge in [0.2, 0.25) is 0 Å². The van der Waals surface area contributed by atoms with E-state index in [-0.39, 0.29) is 11.9 Å². The smallest absolute Gasteiger partial charge is 0.137 e. The predicted octanol–water partition coefficient (Wildman–Crippen LogP) is 4.91. The SMILES string of the molecule is CCNC(c1ccc(F)c(Br)c1)c1ccc(CC)s1. The van der Waals surface area contributed by atoms with Gasteiger partial charge in [0, 0.05) is 9.75 Å². The van der Waals surface area contributed by atoms with Crippen molar-refractivity contribution in [1.82, 2.24) is 5.32 Å². The topological polar surface area (TPSA) is 12.0 Å². The summed E-state index contributed by atoms with van der Waals surface area (Å²) in [6.45, 7) is 5.12. The second-order valence-electron chi connectivity index (χ2n) is 4.32. The number of hydrogen-bond acceptors (Lipinski definition) is 2. The van der Waals surface area contributed by atoms with Gasteiger partial charge in [-0.3, -0.25) is 0 Å². The highest BCUT2D eigenvalue weighted by atomic mass is 79.9. The van der Waals surface area contributed by atoms with Crippen LogP contribution in [0.25, 0.3) is 0 Å². The summed E-state index contributed by atoms with van der Waals surface area (Å²) in [6, 6.07) is 9.68. The Morgan fingerprint density at radius 3 is 2.63 bits per heavy atom. The third kappa shape index (κ3) is 3.44. The van der Waals surface area contributed by atoms with Crippen LogP contribution in [0.2, 0.25) is 0 Å². The minimum atomic E-state index is -0.223. The molecule has 0 aliphatic heterocycles. The zero-order chi connectivity index (χ0) is 13.8. The van der Waals surface area contributed by atoms with Gasteiger partial charge in [-0.25, -0.2) is 4.39 Å². The molecule has 1 unspecified atom stereocenters. The van der Waals surface area contributed by atoms with Gasteiger partial charge < -0.3 is 5.32 Å². The number of aryl methyl sites for hydroxylation is 1. The molecule has 0 saturated carbocycles. The van der Waals surface area contributed by atoms with Crippen molar-refractivity contribution >= 4 is 27.3 Å². The van der Waals surface area contributed by atoms with E-state index < -0.39 is 0 Å². The maximum absolute atomic E-state index is 13.3. The molecule has 0 fully saturated rings. The van der Waals surface area contributed by atoms with Crippen LogP contribution in [0.15, 0.2) is 34.8 Å². The zero-order valence-corrected chi connectivity index (χ0v) is 13.4. The molecule has 4 heteroatoms. The van der Waals surface area contributed by atoms with Crippen molar-refractivity contribution < 1.29 is 4.39 Å². The first-order chi connectivity index (χ1) is 9.15. The van der Waals surface area contributed by atoms with E-state index in [4.69, 9.17) is 0 Å². The van der Waals surface area contributed by atoms with Crippen LogP contribution in [0.5, 0.6) is 0 Å². The summed E-state index contributed by atoms with van der Waals surface area (Å²) < 4.78 is 13.9. The number of rotatable bonds is 5. The van der Waals surface area contributed by atoms with Gasteiger partial charge in [0.15, 0.2) is 0 Å². The lowest BCUT2D eigenvalue weighted by Crippen LogP contribution is -2.21. The molecule has 1 atom stereocenters. The Labute approximate surface area is 126 Å². The number of benzene rings is 1. The predicted molar refractivity (Wildman–Crippen MR) is 83.3 cm³/mol. The number of halogens is 2. The van der Waals surface area contributed by atoms with E-state index in [0.717, 1.165) is 18.5 Å². The summed E-state index contributed by atoms with van der Waals surface area (Å²) >= 11 is 5.07. The summed E-state index contributed by atoms with van der Waals surface area (Å²) in [7, 11) is 0. The van der Waals surface area contributed by atoms with Crippen LogP contribution < -0.4 is 5.32 Å². The largest absolute Gasteiger partial charge is 0.306 e. The molecule has 0 radical (unpaired) electrons. The van der Waals surface area contributed by atoms with Gasteiger partial charge in [-0.2, -0.15) is 0 Å². The summed E-state index contributed by atoms with van der Waals surface area (Å²) in [5.74, 6) is -0.223. The van der Waals surface area contributed by atoms with Crippen molar-refractivity contribution in [3.05, 3.63) is 55.9 Å². The highest BCUT2D eigenvalue weighted by molar-refractivity contribution is 9.10. The third-order valence-corrected chi connectivity index (χ3v) is 4.90. The van der Waals surface area contributed by atoms with Crippen molar-refractivity contribution in [2.75, 3.05) is 6.54 Å². The molecule has 102 valence electrons. The highest BCUT2D eigenvalue weighted by Gasteiger charge is 2.16. The molecular weight excluding hydrogens is 325 g/mol. The molecule has 1 heterocycles. The summed E-state index contributed by atoms with van der Waals surface area (Å²) in [4.78, 5) is 2.65. The maximum Gasteiger partial charge on any atom is 0.137 e. The van der Waals surface area contributed by atoms with Crippen molar-refractivity contribution in [1.29, 1.82) is 0 Å². The zero-order valence-electron chi connectivity index (χ0n) is 11.0. The molecule has 0 bridgehead atoms. The second kappa shape index (κ2) is 6.64. The summed E-state index contributed by atoms with van der Waals surface area (Å²) in [5.41, 5.74) is 1.08. The van der Waals surface area contributed by atoms with Crippen LogP contribution >= 0.6 is 27.3 Å². The Morgan fingerprint density at radius 1 is 1.26 bits per heavy atom. The van der Waals surface area contributed by atoms with E-state index in [0.29, 0.717) is 4.47 Å². The average molecular weight is 342 g/mol. The van der Waals surface area contributed by atoms with Gasteiger partial charge in [-0.15, -0.1) is 11.3 Å². The molecule has 0 saturated heterocycles. The van der Waals surface area contributed by atoms with Crippen LogP contribution in [0.3, 0.4) is 0 Å². The lowest BCUT2D eigenvalue weighted by atomic mass is 10.1. The fourth-order valence-electron chi connectivity index (χ4n) is 2.02. The summed E-state index contributed by atoms with van der Waals surface area (Å²) in [6.07, 6.45) is 1.05. The molecule has 0 aliphatic carbocycles. The lowest BCUT2D eigenvalue weighted by Gasteiger charge is -2.17. The first-order valence-corrected chi connectivity index (χ1v) is 8.03. The van der Waals surface area contributed by atoms with E-state index in [1.165, 1.54) is 15.8 Å². The quantitative estimate of drug-likeness (QED) is 0.814. The van der Waals surface area contributed by atoms with Gasteiger partial charge >= 0.3 is 0 Å². The van der Waals surface area contributed by atoms with Gasteiger partial charge in [0.05, 0.1) is 10.5 Å². The van der Waals surface area contributed by atoms with Crippen molar-refractivity contribution in [2.24, 2.45) is 0 Å². The van der Waals surface area contributed by atoms with Gasteiger partial charge in [0.1, 0.15) is 5.82 Å². The standard InChI is InChI=1S/C15H17BrFNS/c1-3-11-6-8-14(19-11)15(18-4-2)10-5-7-13(17)12(16)9-10/h5-9,15,18H,3-4H2,1-2H3. The Bertz CT molecular complexity index is 553. The number of thiophene rings is 1. The highest BCUT2D eigenvalue weighted by Crippen LogP contribution is 2.30. The van der Waals surface area contributed by atoms with Crippen LogP contribution in [-0.4, -0.2) is 6.54 Å². The number of hydrogen-bond donors (Lipinski definition) is 1. The van der Waals surface area contributed by atoms with Gasteiger partial charge in [0.25, 0.3) is 0 Å². The molecule has 1 N–H and O–H groups in total. The molecule has 2 rings (SSSR count). The molecule has 2 aromatic rings. The van der Waals surface area contributed by atoms with E-state index in [1.807, 2.05) is 23.5 Å². The second-order valence-corrected chi connectivity index (χ2v) is 6.38. The van der Waals surface area contributed by atoms with Crippen LogP contribution in [0.4, 0.5) is 4.39 Å². The molecule has 1 nitrogen and oxygen atoms in total. The van der Waals surface area contributed by atoms with Crippen molar-refractivity contribution in [3.63, 3.8) is 0 Å². The Balaban J connectivity index is 2.35. The molecule has 1 aromatic carbocycles. The minimum Gasteiger partial charge on any atom is -0.306 e. The van der Waals surface area contributed by atoms with E-state index >= 15 is 0 Å². The molecule has 1 aromatic heterocycles. The fourth-order valence-corrected chi connectivity index (χ4v) is 3.47. The van der Waals surface area contributed by atoms with Crippen molar-refractivity contribution in [2.45, 2.75) is 26.3 Å². The average Bonchev–Trinajstić information content (AvgIpc) is 2.88. The lowest BCUT2D eigenvalue weighted by molar-refractivity contribution is 0.611. The van der Waals surface area contributed by atoms with Crippen LogP contribution in [-0.2, 0) is 6.42 Å². The third-order valence-electron chi connectivity index (χ3n) is 3.00. The van der Waals surface area contributed by atoms with Crippen molar-refractivity contribution in [3.8, 4) is 0 Å². The minimum absolute atomic E-state index is 0.132. The summed E-state index contributed by atoms with van der Waals surface area (Å²) in [5, 5.41) is 3.47. The molecule has 19 heavy (non-hydrogen) atoms. The Morgan fingerprint density at radius 2 is 2.05 bits per heavy atom. The monoisotopic (exact) mass is 341 g/mol. The number of nitrogens with one attached hydrogen (secondary N) is 1. The first-order valence-electron chi connectivity index (χ1n) is 6.42. The van der Waals surface area contributed by atoms with Crippen LogP contribution in [0.1, 0.15) is 35.2 Å². The molecule has 0 aliphatic rings. The van der Waals surface area contributed by atoms with Gasteiger partial charge in [-0.05, 0) is 58.7 Å². The molecule has 0 amide bonds. The fraction of sp³-hybridized carbons (Fsp3) is 0.333. The normalized spacial score (nSPS) is 12.6. The maximum atomic E-state index is 13.3. The Hall–Kier alpha value is -0.710.